The summed E-state index contributed by atoms with van der Waals surface area (Å²) in [6, 6.07) is 8.70. The van der Waals surface area contributed by atoms with Crippen molar-refractivity contribution >= 4 is 27.7 Å². The zero-order valence-corrected chi connectivity index (χ0v) is 16.5. The van der Waals surface area contributed by atoms with Crippen molar-refractivity contribution in [3.8, 4) is 0 Å². The number of rotatable bonds is 6. The third-order valence-corrected chi connectivity index (χ3v) is 5.23. The SMILES string of the molecule is Cc1cc(C(=O)COC(=O)c2ccc(Br)cc2)c(C)n1C[C@H]1CCCO1. The van der Waals surface area contributed by atoms with Gasteiger partial charge in [-0.2, -0.15) is 0 Å². The smallest absolute Gasteiger partial charge is 0.338 e. The maximum absolute atomic E-state index is 12.5. The number of carbonyl (C=O) groups is 2. The molecule has 2 heterocycles. The molecule has 1 aliphatic rings. The second-order valence-corrected chi connectivity index (χ2v) is 7.45. The molecule has 1 fully saturated rings. The van der Waals surface area contributed by atoms with Crippen LogP contribution in [0.3, 0.4) is 0 Å². The Balaban J connectivity index is 1.64. The molecule has 1 aromatic carbocycles. The Morgan fingerprint density at radius 3 is 2.65 bits per heavy atom. The second kappa shape index (κ2) is 8.18. The minimum atomic E-state index is -0.501. The number of aromatic nitrogens is 1. The summed E-state index contributed by atoms with van der Waals surface area (Å²) >= 11 is 3.32. The molecule has 3 rings (SSSR count). The van der Waals surface area contributed by atoms with E-state index in [9.17, 15) is 9.59 Å². The van der Waals surface area contributed by atoms with E-state index in [0.717, 1.165) is 41.9 Å². The van der Waals surface area contributed by atoms with E-state index in [2.05, 4.69) is 20.5 Å². The fourth-order valence-corrected chi connectivity index (χ4v) is 3.50. The molecule has 1 saturated heterocycles. The number of halogens is 1. The molecule has 6 heteroatoms. The van der Waals surface area contributed by atoms with Crippen LogP contribution in [0.4, 0.5) is 0 Å². The molecule has 0 aliphatic carbocycles. The van der Waals surface area contributed by atoms with Crippen LogP contribution in [0.1, 0.15) is 44.9 Å². The Morgan fingerprint density at radius 1 is 1.27 bits per heavy atom. The Bertz CT molecular complexity index is 804. The third-order valence-electron chi connectivity index (χ3n) is 4.70. The van der Waals surface area contributed by atoms with Crippen molar-refractivity contribution in [1.29, 1.82) is 0 Å². The molecule has 0 N–H and O–H groups in total. The van der Waals surface area contributed by atoms with Gasteiger partial charge in [0.1, 0.15) is 0 Å². The summed E-state index contributed by atoms with van der Waals surface area (Å²) in [7, 11) is 0. The molecule has 1 aliphatic heterocycles. The molecule has 5 nitrogen and oxygen atoms in total. The monoisotopic (exact) mass is 419 g/mol. The van der Waals surface area contributed by atoms with Crippen molar-refractivity contribution in [2.75, 3.05) is 13.2 Å². The number of ether oxygens (including phenoxy) is 2. The first-order valence-corrected chi connectivity index (χ1v) is 9.49. The van der Waals surface area contributed by atoms with E-state index < -0.39 is 5.97 Å². The fraction of sp³-hybridized carbons (Fsp3) is 0.400. The van der Waals surface area contributed by atoms with Crippen LogP contribution < -0.4 is 0 Å². The summed E-state index contributed by atoms with van der Waals surface area (Å²) in [5.41, 5.74) is 2.93. The van der Waals surface area contributed by atoms with Crippen LogP contribution in [-0.2, 0) is 16.0 Å². The summed E-state index contributed by atoms with van der Waals surface area (Å²) in [6.45, 7) is 5.20. The van der Waals surface area contributed by atoms with Crippen LogP contribution in [0.15, 0.2) is 34.8 Å². The van der Waals surface area contributed by atoms with Crippen LogP contribution >= 0.6 is 15.9 Å². The molecule has 138 valence electrons. The van der Waals surface area contributed by atoms with E-state index in [1.807, 2.05) is 19.9 Å². The number of nitrogens with zero attached hydrogens (tertiary/aromatic N) is 1. The molecule has 26 heavy (non-hydrogen) atoms. The van der Waals surface area contributed by atoms with Gasteiger partial charge in [-0.15, -0.1) is 0 Å². The minimum Gasteiger partial charge on any atom is -0.454 e. The summed E-state index contributed by atoms with van der Waals surface area (Å²) in [6.07, 6.45) is 2.34. The fourth-order valence-electron chi connectivity index (χ4n) is 3.23. The summed E-state index contributed by atoms with van der Waals surface area (Å²) in [5.74, 6) is -0.693. The first-order chi connectivity index (χ1) is 12.5. The van der Waals surface area contributed by atoms with Gasteiger partial charge in [-0.25, -0.2) is 4.79 Å². The van der Waals surface area contributed by atoms with Gasteiger partial charge < -0.3 is 14.0 Å². The van der Waals surface area contributed by atoms with E-state index in [-0.39, 0.29) is 18.5 Å². The topological polar surface area (TPSA) is 57.5 Å². The van der Waals surface area contributed by atoms with Crippen molar-refractivity contribution in [1.82, 2.24) is 4.57 Å². The van der Waals surface area contributed by atoms with E-state index in [0.29, 0.717) is 11.1 Å². The lowest BCUT2D eigenvalue weighted by atomic mass is 10.1. The number of hydrogen-bond donors (Lipinski definition) is 0. The average Bonchev–Trinajstić information content (AvgIpc) is 3.24. The van der Waals surface area contributed by atoms with Crippen molar-refractivity contribution in [2.24, 2.45) is 0 Å². The summed E-state index contributed by atoms with van der Waals surface area (Å²) in [4.78, 5) is 24.6. The minimum absolute atomic E-state index is 0.192. The van der Waals surface area contributed by atoms with Gasteiger partial charge in [0.15, 0.2) is 6.61 Å². The molecule has 2 aromatic rings. The maximum Gasteiger partial charge on any atom is 0.338 e. The highest BCUT2D eigenvalue weighted by atomic mass is 79.9. The Kier molecular flexibility index (Phi) is 5.94. The highest BCUT2D eigenvalue weighted by Gasteiger charge is 2.21. The lowest BCUT2D eigenvalue weighted by Crippen LogP contribution is -2.18. The van der Waals surface area contributed by atoms with Crippen LogP contribution in [0.2, 0.25) is 0 Å². The molecular weight excluding hydrogens is 398 g/mol. The second-order valence-electron chi connectivity index (χ2n) is 6.54. The van der Waals surface area contributed by atoms with Crippen LogP contribution in [-0.4, -0.2) is 35.6 Å². The van der Waals surface area contributed by atoms with E-state index in [4.69, 9.17) is 9.47 Å². The molecule has 0 spiro atoms. The quantitative estimate of drug-likeness (QED) is 0.522. The number of Topliss-reactive ketones (excluding diaryl/α,β-unsaturated/α-hetero) is 1. The number of carbonyl (C=O) groups excluding carboxylic acids is 2. The highest BCUT2D eigenvalue weighted by Crippen LogP contribution is 2.21. The predicted molar refractivity (Wildman–Crippen MR) is 102 cm³/mol. The zero-order valence-electron chi connectivity index (χ0n) is 15.0. The molecule has 0 saturated carbocycles. The van der Waals surface area contributed by atoms with Crippen LogP contribution in [0, 0.1) is 13.8 Å². The van der Waals surface area contributed by atoms with Crippen molar-refractivity contribution < 1.29 is 19.1 Å². The standard InChI is InChI=1S/C20H22BrNO4/c1-13-10-18(14(2)22(13)11-17-4-3-9-25-17)19(23)12-26-20(24)15-5-7-16(21)8-6-15/h5-8,10,17H,3-4,9,11-12H2,1-2H3/t17-/m1/s1. The van der Waals surface area contributed by atoms with Gasteiger partial charge in [0.2, 0.25) is 5.78 Å². The van der Waals surface area contributed by atoms with Crippen molar-refractivity contribution in [3.63, 3.8) is 0 Å². The zero-order chi connectivity index (χ0) is 18.7. The van der Waals surface area contributed by atoms with Gasteiger partial charge in [-0.05, 0) is 57.0 Å². The molecule has 0 bridgehead atoms. The maximum atomic E-state index is 12.5. The first-order valence-electron chi connectivity index (χ1n) is 8.70. The number of hydrogen-bond acceptors (Lipinski definition) is 4. The largest absolute Gasteiger partial charge is 0.454 e. The molecular formula is C20H22BrNO4. The van der Waals surface area contributed by atoms with Gasteiger partial charge in [-0.1, -0.05) is 15.9 Å². The van der Waals surface area contributed by atoms with E-state index >= 15 is 0 Å². The number of esters is 1. The molecule has 0 unspecified atom stereocenters. The Hall–Kier alpha value is -1.92. The number of benzene rings is 1. The van der Waals surface area contributed by atoms with Crippen LogP contribution in [0.5, 0.6) is 0 Å². The summed E-state index contributed by atoms with van der Waals surface area (Å²) in [5, 5.41) is 0. The normalized spacial score (nSPS) is 16.7. The number of aryl methyl sites for hydroxylation is 1. The lowest BCUT2D eigenvalue weighted by Gasteiger charge is -2.14. The van der Waals surface area contributed by atoms with Gasteiger partial charge in [-0.3, -0.25) is 4.79 Å². The third kappa shape index (κ3) is 4.24. The van der Waals surface area contributed by atoms with E-state index in [1.165, 1.54) is 0 Å². The van der Waals surface area contributed by atoms with Gasteiger partial charge in [0.25, 0.3) is 0 Å². The lowest BCUT2D eigenvalue weighted by molar-refractivity contribution is 0.0474. The van der Waals surface area contributed by atoms with E-state index in [1.54, 1.807) is 24.3 Å². The predicted octanol–water partition coefficient (Wildman–Crippen LogP) is 4.09. The Labute approximate surface area is 161 Å². The van der Waals surface area contributed by atoms with Gasteiger partial charge in [0, 0.05) is 34.6 Å². The average molecular weight is 420 g/mol. The molecule has 0 amide bonds. The van der Waals surface area contributed by atoms with Crippen molar-refractivity contribution in [2.45, 2.75) is 39.3 Å². The van der Waals surface area contributed by atoms with Crippen molar-refractivity contribution in [3.05, 3.63) is 57.3 Å². The summed E-state index contributed by atoms with van der Waals surface area (Å²) < 4.78 is 13.9. The first kappa shape index (κ1) is 18.9. The Morgan fingerprint density at radius 2 is 2.00 bits per heavy atom. The van der Waals surface area contributed by atoms with Gasteiger partial charge in [0.05, 0.1) is 11.7 Å². The molecule has 1 atom stereocenters. The van der Waals surface area contributed by atoms with Gasteiger partial charge >= 0.3 is 5.97 Å². The highest BCUT2D eigenvalue weighted by molar-refractivity contribution is 9.10. The molecule has 1 aromatic heterocycles. The molecule has 0 radical (unpaired) electrons. The van der Waals surface area contributed by atoms with Crippen LogP contribution in [0.25, 0.3) is 0 Å². The number of ketones is 1.